The standard InChI is InChI=1S/C15H17N3O2/c1-9(19)16-15-13(10-7-8-10)17-18-14(15)11-5-3-4-6-12(11)20-2/h3-6,10H,7-8H2,1-2H3,(H,16,19)(H,17,18). The second-order valence-electron chi connectivity index (χ2n) is 5.02. The van der Waals surface area contributed by atoms with Crippen LogP contribution in [0.2, 0.25) is 0 Å². The fourth-order valence-corrected chi connectivity index (χ4v) is 2.36. The zero-order valence-electron chi connectivity index (χ0n) is 11.6. The van der Waals surface area contributed by atoms with E-state index < -0.39 is 0 Å². The second kappa shape index (κ2) is 5.00. The van der Waals surface area contributed by atoms with Crippen LogP contribution in [-0.2, 0) is 4.79 Å². The molecule has 1 amide bonds. The van der Waals surface area contributed by atoms with Gasteiger partial charge in [0.1, 0.15) is 11.4 Å². The average Bonchev–Trinajstić information content (AvgIpc) is 3.20. The maximum Gasteiger partial charge on any atom is 0.221 e. The molecule has 2 aromatic rings. The number of para-hydroxylation sites is 1. The first-order valence-electron chi connectivity index (χ1n) is 6.70. The van der Waals surface area contributed by atoms with Crippen LogP contribution in [0.4, 0.5) is 5.69 Å². The van der Waals surface area contributed by atoms with Gasteiger partial charge in [-0.15, -0.1) is 0 Å². The Kier molecular flexibility index (Phi) is 3.18. The van der Waals surface area contributed by atoms with Crippen molar-refractivity contribution in [3.63, 3.8) is 0 Å². The topological polar surface area (TPSA) is 67.0 Å². The first-order chi connectivity index (χ1) is 9.70. The zero-order valence-corrected chi connectivity index (χ0v) is 11.6. The number of carbonyl (C=O) groups excluding carboxylic acids is 1. The Hall–Kier alpha value is -2.30. The molecule has 1 fully saturated rings. The monoisotopic (exact) mass is 271 g/mol. The highest BCUT2D eigenvalue weighted by atomic mass is 16.5. The molecule has 1 aromatic heterocycles. The summed E-state index contributed by atoms with van der Waals surface area (Å²) in [4.78, 5) is 11.5. The molecule has 1 saturated carbocycles. The van der Waals surface area contributed by atoms with Gasteiger partial charge in [0.25, 0.3) is 0 Å². The highest BCUT2D eigenvalue weighted by molar-refractivity contribution is 5.95. The summed E-state index contributed by atoms with van der Waals surface area (Å²) in [5.74, 6) is 1.13. The third kappa shape index (κ3) is 2.27. The van der Waals surface area contributed by atoms with Gasteiger partial charge in [-0.25, -0.2) is 0 Å². The number of methoxy groups -OCH3 is 1. The van der Waals surface area contributed by atoms with Crippen molar-refractivity contribution in [1.29, 1.82) is 0 Å². The Balaban J connectivity index is 2.10. The molecule has 0 saturated heterocycles. The third-order valence-corrected chi connectivity index (χ3v) is 3.44. The molecule has 0 aliphatic heterocycles. The fraction of sp³-hybridized carbons (Fsp3) is 0.333. The van der Waals surface area contributed by atoms with Gasteiger partial charge in [0, 0.05) is 18.4 Å². The lowest BCUT2D eigenvalue weighted by Gasteiger charge is -2.09. The lowest BCUT2D eigenvalue weighted by Crippen LogP contribution is -2.08. The van der Waals surface area contributed by atoms with Crippen LogP contribution >= 0.6 is 0 Å². The van der Waals surface area contributed by atoms with E-state index >= 15 is 0 Å². The summed E-state index contributed by atoms with van der Waals surface area (Å²) in [5, 5.41) is 10.4. The number of amides is 1. The van der Waals surface area contributed by atoms with E-state index in [1.807, 2.05) is 24.3 Å². The Morgan fingerprint density at radius 2 is 2.15 bits per heavy atom. The maximum atomic E-state index is 11.5. The lowest BCUT2D eigenvalue weighted by molar-refractivity contribution is -0.114. The SMILES string of the molecule is COc1ccccc1-c1n[nH]c(C2CC2)c1NC(C)=O. The molecule has 0 bridgehead atoms. The summed E-state index contributed by atoms with van der Waals surface area (Å²) in [7, 11) is 1.63. The Bertz CT molecular complexity index is 644. The van der Waals surface area contributed by atoms with Crippen LogP contribution in [0, 0.1) is 0 Å². The van der Waals surface area contributed by atoms with Crippen molar-refractivity contribution < 1.29 is 9.53 Å². The van der Waals surface area contributed by atoms with E-state index in [9.17, 15) is 4.79 Å². The summed E-state index contributed by atoms with van der Waals surface area (Å²) >= 11 is 0. The van der Waals surface area contributed by atoms with Crippen molar-refractivity contribution in [2.24, 2.45) is 0 Å². The number of nitrogens with one attached hydrogen (secondary N) is 2. The molecular formula is C15H17N3O2. The molecule has 0 radical (unpaired) electrons. The molecule has 20 heavy (non-hydrogen) atoms. The number of benzene rings is 1. The average molecular weight is 271 g/mol. The van der Waals surface area contributed by atoms with Gasteiger partial charge in [-0.2, -0.15) is 5.10 Å². The molecule has 1 aliphatic rings. The molecule has 2 N–H and O–H groups in total. The molecule has 104 valence electrons. The van der Waals surface area contributed by atoms with Crippen molar-refractivity contribution in [2.45, 2.75) is 25.7 Å². The van der Waals surface area contributed by atoms with E-state index in [2.05, 4.69) is 15.5 Å². The number of hydrogen-bond acceptors (Lipinski definition) is 3. The molecule has 3 rings (SSSR count). The van der Waals surface area contributed by atoms with Crippen LogP contribution in [0.25, 0.3) is 11.3 Å². The fourth-order valence-electron chi connectivity index (χ4n) is 2.36. The number of anilines is 1. The molecule has 1 aliphatic carbocycles. The Morgan fingerprint density at radius 1 is 1.40 bits per heavy atom. The van der Waals surface area contributed by atoms with Crippen LogP contribution in [0.1, 0.15) is 31.4 Å². The van der Waals surface area contributed by atoms with Crippen molar-refractivity contribution in [3.05, 3.63) is 30.0 Å². The van der Waals surface area contributed by atoms with Gasteiger partial charge in [0.15, 0.2) is 0 Å². The van der Waals surface area contributed by atoms with Crippen molar-refractivity contribution in [3.8, 4) is 17.0 Å². The van der Waals surface area contributed by atoms with Gasteiger partial charge in [-0.05, 0) is 25.0 Å². The predicted octanol–water partition coefficient (Wildman–Crippen LogP) is 2.92. The van der Waals surface area contributed by atoms with Crippen LogP contribution in [-0.4, -0.2) is 23.2 Å². The quantitative estimate of drug-likeness (QED) is 0.898. The predicted molar refractivity (Wildman–Crippen MR) is 76.9 cm³/mol. The van der Waals surface area contributed by atoms with Crippen molar-refractivity contribution in [1.82, 2.24) is 10.2 Å². The second-order valence-corrected chi connectivity index (χ2v) is 5.02. The van der Waals surface area contributed by atoms with Gasteiger partial charge < -0.3 is 10.1 Å². The zero-order chi connectivity index (χ0) is 14.1. The van der Waals surface area contributed by atoms with E-state index in [1.54, 1.807) is 7.11 Å². The highest BCUT2D eigenvalue weighted by Gasteiger charge is 2.31. The van der Waals surface area contributed by atoms with E-state index in [0.717, 1.165) is 41.2 Å². The number of nitrogens with zero attached hydrogens (tertiary/aromatic N) is 1. The summed E-state index contributed by atoms with van der Waals surface area (Å²) < 4.78 is 5.38. The molecular weight excluding hydrogens is 254 g/mol. The van der Waals surface area contributed by atoms with E-state index in [1.165, 1.54) is 6.92 Å². The third-order valence-electron chi connectivity index (χ3n) is 3.44. The van der Waals surface area contributed by atoms with Crippen molar-refractivity contribution in [2.75, 3.05) is 12.4 Å². The van der Waals surface area contributed by atoms with Crippen LogP contribution < -0.4 is 10.1 Å². The number of carbonyl (C=O) groups is 1. The molecule has 0 atom stereocenters. The van der Waals surface area contributed by atoms with Crippen LogP contribution in [0.15, 0.2) is 24.3 Å². The summed E-state index contributed by atoms with van der Waals surface area (Å²) in [5.41, 5.74) is 3.41. The van der Waals surface area contributed by atoms with Gasteiger partial charge in [-0.3, -0.25) is 9.89 Å². The molecule has 0 spiro atoms. The van der Waals surface area contributed by atoms with Gasteiger partial charge >= 0.3 is 0 Å². The number of rotatable bonds is 4. The van der Waals surface area contributed by atoms with E-state index in [0.29, 0.717) is 5.92 Å². The van der Waals surface area contributed by atoms with E-state index in [4.69, 9.17) is 4.74 Å². The van der Waals surface area contributed by atoms with Gasteiger partial charge in [0.2, 0.25) is 5.91 Å². The lowest BCUT2D eigenvalue weighted by atomic mass is 10.1. The maximum absolute atomic E-state index is 11.5. The van der Waals surface area contributed by atoms with Crippen molar-refractivity contribution >= 4 is 11.6 Å². The summed E-state index contributed by atoms with van der Waals surface area (Å²) in [6, 6.07) is 7.67. The van der Waals surface area contributed by atoms with Crippen LogP contribution in [0.3, 0.4) is 0 Å². The number of aromatic nitrogens is 2. The largest absolute Gasteiger partial charge is 0.496 e. The van der Waals surface area contributed by atoms with Gasteiger partial charge in [0.05, 0.1) is 18.5 Å². The molecule has 1 aromatic carbocycles. The molecule has 1 heterocycles. The minimum Gasteiger partial charge on any atom is -0.496 e. The summed E-state index contributed by atoms with van der Waals surface area (Å²) in [6.45, 7) is 1.51. The smallest absolute Gasteiger partial charge is 0.221 e. The normalized spacial score (nSPS) is 14.1. The molecule has 5 heteroatoms. The number of H-pyrrole nitrogens is 1. The minimum absolute atomic E-state index is 0.0931. The number of aromatic amines is 1. The number of hydrogen-bond donors (Lipinski definition) is 2. The van der Waals surface area contributed by atoms with E-state index in [-0.39, 0.29) is 5.91 Å². The minimum atomic E-state index is -0.0931. The number of ether oxygens (including phenoxy) is 1. The molecule has 0 unspecified atom stereocenters. The van der Waals surface area contributed by atoms with Crippen LogP contribution in [0.5, 0.6) is 5.75 Å². The molecule has 5 nitrogen and oxygen atoms in total. The Morgan fingerprint density at radius 3 is 2.80 bits per heavy atom. The first kappa shape index (κ1) is 12.7. The highest BCUT2D eigenvalue weighted by Crippen LogP contribution is 2.46. The summed E-state index contributed by atoms with van der Waals surface area (Å²) in [6.07, 6.45) is 2.28. The first-order valence-corrected chi connectivity index (χ1v) is 6.70. The van der Waals surface area contributed by atoms with Gasteiger partial charge in [-0.1, -0.05) is 12.1 Å². The Labute approximate surface area is 117 Å².